The largest absolute Gasteiger partial charge is 0.495 e. The van der Waals surface area contributed by atoms with Gasteiger partial charge in [0, 0.05) is 5.92 Å². The number of amides is 1. The molecule has 5 heteroatoms. The monoisotopic (exact) mass is 265 g/mol. The summed E-state index contributed by atoms with van der Waals surface area (Å²) in [6, 6.07) is 3.66. The first-order chi connectivity index (χ1) is 8.85. The minimum Gasteiger partial charge on any atom is -0.495 e. The third kappa shape index (κ3) is 3.98. The predicted molar refractivity (Wildman–Crippen MR) is 72.5 cm³/mol. The number of carbonyl (C=O) groups is 2. The van der Waals surface area contributed by atoms with Crippen LogP contribution in [0.3, 0.4) is 0 Å². The smallest absolute Gasteiger partial charge is 0.304 e. The second kappa shape index (κ2) is 6.22. The van der Waals surface area contributed by atoms with Crippen molar-refractivity contribution in [2.75, 3.05) is 12.4 Å². The van der Waals surface area contributed by atoms with Gasteiger partial charge in [0.05, 0.1) is 19.2 Å². The highest BCUT2D eigenvalue weighted by Crippen LogP contribution is 2.28. The molecule has 1 amide bonds. The zero-order chi connectivity index (χ0) is 14.6. The van der Waals surface area contributed by atoms with Crippen LogP contribution in [0.15, 0.2) is 12.1 Å². The van der Waals surface area contributed by atoms with E-state index in [4.69, 9.17) is 9.84 Å². The van der Waals surface area contributed by atoms with Crippen LogP contribution >= 0.6 is 0 Å². The summed E-state index contributed by atoms with van der Waals surface area (Å²) in [7, 11) is 1.53. The number of nitrogens with one attached hydrogen (secondary N) is 1. The molecule has 104 valence electrons. The van der Waals surface area contributed by atoms with Crippen LogP contribution in [0, 0.1) is 19.8 Å². The Labute approximate surface area is 112 Å². The molecule has 0 saturated heterocycles. The van der Waals surface area contributed by atoms with Crippen molar-refractivity contribution < 1.29 is 19.4 Å². The molecular weight excluding hydrogens is 246 g/mol. The second-order valence-corrected chi connectivity index (χ2v) is 4.62. The molecule has 1 rings (SSSR count). The summed E-state index contributed by atoms with van der Waals surface area (Å²) >= 11 is 0. The molecule has 0 spiro atoms. The van der Waals surface area contributed by atoms with Crippen LogP contribution in [0.1, 0.15) is 24.5 Å². The number of aryl methyl sites for hydroxylation is 2. The number of hydrogen-bond acceptors (Lipinski definition) is 3. The normalized spacial score (nSPS) is 11.8. The summed E-state index contributed by atoms with van der Waals surface area (Å²) < 4.78 is 5.21. The summed E-state index contributed by atoms with van der Waals surface area (Å²) in [6.07, 6.45) is -0.195. The Balaban J connectivity index is 2.90. The van der Waals surface area contributed by atoms with E-state index < -0.39 is 11.9 Å². The van der Waals surface area contributed by atoms with Crippen LogP contribution in [-0.2, 0) is 9.59 Å². The summed E-state index contributed by atoms with van der Waals surface area (Å²) in [6.45, 7) is 5.47. The summed E-state index contributed by atoms with van der Waals surface area (Å²) in [5.74, 6) is -1.35. The number of benzene rings is 1. The van der Waals surface area contributed by atoms with Gasteiger partial charge >= 0.3 is 5.97 Å². The molecule has 0 aliphatic rings. The van der Waals surface area contributed by atoms with E-state index >= 15 is 0 Å². The second-order valence-electron chi connectivity index (χ2n) is 4.62. The fraction of sp³-hybridized carbons (Fsp3) is 0.429. The van der Waals surface area contributed by atoms with E-state index in [0.717, 1.165) is 11.1 Å². The predicted octanol–water partition coefficient (Wildman–Crippen LogP) is 2.36. The number of anilines is 1. The van der Waals surface area contributed by atoms with Crippen molar-refractivity contribution in [3.63, 3.8) is 0 Å². The van der Waals surface area contributed by atoms with Gasteiger partial charge in [0.1, 0.15) is 5.75 Å². The molecule has 1 unspecified atom stereocenters. The summed E-state index contributed by atoms with van der Waals surface area (Å²) in [5.41, 5.74) is 2.66. The lowest BCUT2D eigenvalue weighted by Crippen LogP contribution is -2.23. The average molecular weight is 265 g/mol. The van der Waals surface area contributed by atoms with Crippen molar-refractivity contribution in [2.24, 2.45) is 5.92 Å². The van der Waals surface area contributed by atoms with Crippen LogP contribution in [0.4, 0.5) is 5.69 Å². The number of carbonyl (C=O) groups excluding carboxylic acids is 1. The Morgan fingerprint density at radius 2 is 1.89 bits per heavy atom. The molecule has 0 fully saturated rings. The maximum atomic E-state index is 11.9. The maximum absolute atomic E-state index is 11.9. The molecule has 1 aromatic rings. The summed E-state index contributed by atoms with van der Waals surface area (Å²) in [5, 5.41) is 11.4. The molecule has 2 N–H and O–H groups in total. The highest BCUT2D eigenvalue weighted by atomic mass is 16.5. The van der Waals surface area contributed by atoms with Crippen LogP contribution in [0.2, 0.25) is 0 Å². The van der Waals surface area contributed by atoms with Gasteiger partial charge in [-0.1, -0.05) is 6.92 Å². The van der Waals surface area contributed by atoms with Crippen LogP contribution < -0.4 is 10.1 Å². The Hall–Kier alpha value is -2.04. The molecule has 0 radical (unpaired) electrons. The number of hydrogen-bond donors (Lipinski definition) is 2. The van der Waals surface area contributed by atoms with E-state index in [1.54, 1.807) is 6.92 Å². The molecule has 1 aromatic carbocycles. The number of carboxylic acid groups (broad SMARTS) is 1. The fourth-order valence-electron chi connectivity index (χ4n) is 1.67. The van der Waals surface area contributed by atoms with Crippen LogP contribution in [0.25, 0.3) is 0 Å². The lowest BCUT2D eigenvalue weighted by Gasteiger charge is -2.15. The molecular formula is C14H19NO4. The van der Waals surface area contributed by atoms with E-state index in [1.807, 2.05) is 26.0 Å². The van der Waals surface area contributed by atoms with Gasteiger partial charge in [-0.3, -0.25) is 9.59 Å². The van der Waals surface area contributed by atoms with Gasteiger partial charge in [-0.05, 0) is 37.1 Å². The fourth-order valence-corrected chi connectivity index (χ4v) is 1.67. The van der Waals surface area contributed by atoms with Crippen molar-refractivity contribution in [1.29, 1.82) is 0 Å². The zero-order valence-electron chi connectivity index (χ0n) is 11.6. The van der Waals surface area contributed by atoms with E-state index in [1.165, 1.54) is 7.11 Å². The SMILES string of the molecule is COc1cc(C)c(C)cc1NC(=O)C(C)CC(=O)O. The van der Waals surface area contributed by atoms with Gasteiger partial charge < -0.3 is 15.2 Å². The van der Waals surface area contributed by atoms with Crippen molar-refractivity contribution in [2.45, 2.75) is 27.2 Å². The number of ether oxygens (including phenoxy) is 1. The van der Waals surface area contributed by atoms with Gasteiger partial charge in [-0.15, -0.1) is 0 Å². The van der Waals surface area contributed by atoms with Gasteiger partial charge in [0.25, 0.3) is 0 Å². The lowest BCUT2D eigenvalue weighted by atomic mass is 10.1. The Morgan fingerprint density at radius 1 is 1.32 bits per heavy atom. The van der Waals surface area contributed by atoms with Crippen molar-refractivity contribution >= 4 is 17.6 Å². The topological polar surface area (TPSA) is 75.6 Å². The molecule has 5 nitrogen and oxygen atoms in total. The Morgan fingerprint density at radius 3 is 2.42 bits per heavy atom. The molecule has 0 aliphatic heterocycles. The highest BCUT2D eigenvalue weighted by Gasteiger charge is 2.18. The lowest BCUT2D eigenvalue weighted by molar-refractivity contribution is -0.139. The molecule has 0 aliphatic carbocycles. The Bertz CT molecular complexity index is 496. The molecule has 0 bridgehead atoms. The van der Waals surface area contributed by atoms with Crippen molar-refractivity contribution in [3.8, 4) is 5.75 Å². The number of methoxy groups -OCH3 is 1. The average Bonchev–Trinajstić information content (AvgIpc) is 2.32. The standard InChI is InChI=1S/C14H19NO4/c1-8-5-11(12(19-4)6-9(8)2)15-14(18)10(3)7-13(16)17/h5-6,10H,7H2,1-4H3,(H,15,18)(H,16,17). The van der Waals surface area contributed by atoms with Crippen LogP contribution in [0.5, 0.6) is 5.75 Å². The molecule has 0 saturated carbocycles. The molecule has 1 atom stereocenters. The number of rotatable bonds is 5. The van der Waals surface area contributed by atoms with Gasteiger partial charge in [-0.25, -0.2) is 0 Å². The van der Waals surface area contributed by atoms with Gasteiger partial charge in [0.15, 0.2) is 0 Å². The van der Waals surface area contributed by atoms with E-state index in [2.05, 4.69) is 5.32 Å². The molecule has 19 heavy (non-hydrogen) atoms. The maximum Gasteiger partial charge on any atom is 0.304 e. The first-order valence-electron chi connectivity index (χ1n) is 6.03. The van der Waals surface area contributed by atoms with Crippen molar-refractivity contribution in [1.82, 2.24) is 0 Å². The molecule has 0 aromatic heterocycles. The number of carboxylic acids is 1. The third-order valence-electron chi connectivity index (χ3n) is 3.00. The van der Waals surface area contributed by atoms with Crippen molar-refractivity contribution in [3.05, 3.63) is 23.3 Å². The quantitative estimate of drug-likeness (QED) is 0.857. The van der Waals surface area contributed by atoms with Gasteiger partial charge in [-0.2, -0.15) is 0 Å². The Kier molecular flexibility index (Phi) is 4.92. The molecule has 0 heterocycles. The van der Waals surface area contributed by atoms with E-state index in [-0.39, 0.29) is 12.3 Å². The minimum absolute atomic E-state index is 0.195. The third-order valence-corrected chi connectivity index (χ3v) is 3.00. The highest BCUT2D eigenvalue weighted by molar-refractivity contribution is 5.95. The number of aliphatic carboxylic acids is 1. The first kappa shape index (κ1) is 15.0. The van der Waals surface area contributed by atoms with E-state index in [9.17, 15) is 9.59 Å². The van der Waals surface area contributed by atoms with Gasteiger partial charge in [0.2, 0.25) is 5.91 Å². The zero-order valence-corrected chi connectivity index (χ0v) is 11.6. The minimum atomic E-state index is -0.991. The first-order valence-corrected chi connectivity index (χ1v) is 6.03. The van der Waals surface area contributed by atoms with Crippen LogP contribution in [-0.4, -0.2) is 24.1 Å². The van der Waals surface area contributed by atoms with E-state index in [0.29, 0.717) is 11.4 Å². The summed E-state index contributed by atoms with van der Waals surface area (Å²) in [4.78, 5) is 22.5.